The second-order valence-electron chi connectivity index (χ2n) is 7.87. The Kier molecular flexibility index (Phi) is 6.84. The Morgan fingerprint density at radius 2 is 1.86 bits per heavy atom. The number of thioether (sulfide) groups is 1. The van der Waals surface area contributed by atoms with Crippen LogP contribution >= 0.6 is 23.4 Å². The van der Waals surface area contributed by atoms with E-state index in [1.54, 1.807) is 60.7 Å². The van der Waals surface area contributed by atoms with Crippen LogP contribution in [0.2, 0.25) is 5.02 Å². The summed E-state index contributed by atoms with van der Waals surface area (Å²) in [6.07, 6.45) is 1.61. The van der Waals surface area contributed by atoms with Gasteiger partial charge in [-0.05, 0) is 65.4 Å². The molecular formula is C26H19ClN2O6S. The van der Waals surface area contributed by atoms with Gasteiger partial charge in [-0.2, -0.15) is 0 Å². The Labute approximate surface area is 215 Å². The number of carbonyl (C=O) groups excluding carboxylic acids is 3. The van der Waals surface area contributed by atoms with Gasteiger partial charge in [0.25, 0.3) is 11.1 Å². The monoisotopic (exact) mass is 522 g/mol. The number of anilines is 1. The molecule has 0 saturated carbocycles. The van der Waals surface area contributed by atoms with E-state index < -0.39 is 23.6 Å². The Bertz CT molecular complexity index is 1380. The molecule has 0 unspecified atom stereocenters. The van der Waals surface area contributed by atoms with E-state index in [-0.39, 0.29) is 11.7 Å². The Morgan fingerprint density at radius 1 is 1.06 bits per heavy atom. The highest BCUT2D eigenvalue weighted by Crippen LogP contribution is 2.35. The molecule has 5 rings (SSSR count). The van der Waals surface area contributed by atoms with Crippen molar-refractivity contribution in [2.24, 2.45) is 0 Å². The molecule has 2 aliphatic rings. The highest BCUT2D eigenvalue weighted by Gasteiger charge is 2.36. The predicted octanol–water partition coefficient (Wildman–Crippen LogP) is 5.32. The third-order valence-electron chi connectivity index (χ3n) is 5.31. The molecule has 3 aromatic rings. The molecule has 2 aliphatic heterocycles. The highest BCUT2D eigenvalue weighted by atomic mass is 35.5. The van der Waals surface area contributed by atoms with E-state index in [9.17, 15) is 14.4 Å². The summed E-state index contributed by atoms with van der Waals surface area (Å²) in [5.41, 5.74) is 2.13. The van der Waals surface area contributed by atoms with E-state index in [1.807, 2.05) is 12.1 Å². The van der Waals surface area contributed by atoms with Gasteiger partial charge in [0.1, 0.15) is 18.9 Å². The zero-order valence-corrected chi connectivity index (χ0v) is 20.3. The van der Waals surface area contributed by atoms with Gasteiger partial charge in [0.05, 0.1) is 4.91 Å². The van der Waals surface area contributed by atoms with Crippen molar-refractivity contribution in [1.82, 2.24) is 4.90 Å². The largest absolute Gasteiger partial charge is 0.489 e. The number of hydrogen-bond donors (Lipinski definition) is 1. The summed E-state index contributed by atoms with van der Waals surface area (Å²) >= 11 is 6.70. The number of imide groups is 1. The molecule has 10 heteroatoms. The average molecular weight is 523 g/mol. The fraction of sp³-hybridized carbons (Fsp3) is 0.115. The summed E-state index contributed by atoms with van der Waals surface area (Å²) in [5, 5.41) is 2.81. The lowest BCUT2D eigenvalue weighted by molar-refractivity contribution is -0.127. The maximum absolute atomic E-state index is 12.8. The van der Waals surface area contributed by atoms with E-state index in [1.165, 1.54) is 0 Å². The topological polar surface area (TPSA) is 94.2 Å². The summed E-state index contributed by atoms with van der Waals surface area (Å²) in [4.78, 5) is 38.9. The predicted molar refractivity (Wildman–Crippen MR) is 136 cm³/mol. The van der Waals surface area contributed by atoms with Crippen molar-refractivity contribution < 1.29 is 28.6 Å². The molecule has 2 heterocycles. The van der Waals surface area contributed by atoms with Gasteiger partial charge in [0, 0.05) is 16.8 Å². The number of amides is 3. The van der Waals surface area contributed by atoms with Crippen molar-refractivity contribution in [3.8, 4) is 17.2 Å². The van der Waals surface area contributed by atoms with Crippen molar-refractivity contribution in [2.45, 2.75) is 6.61 Å². The van der Waals surface area contributed by atoms with Crippen LogP contribution < -0.4 is 19.5 Å². The fourth-order valence-electron chi connectivity index (χ4n) is 3.55. The first-order valence-corrected chi connectivity index (χ1v) is 12.1. The van der Waals surface area contributed by atoms with Crippen LogP contribution in [0.4, 0.5) is 10.5 Å². The van der Waals surface area contributed by atoms with Gasteiger partial charge in [0.2, 0.25) is 12.7 Å². The van der Waals surface area contributed by atoms with Crippen molar-refractivity contribution >= 4 is 52.2 Å². The number of carbonyl (C=O) groups is 3. The Morgan fingerprint density at radius 3 is 2.69 bits per heavy atom. The van der Waals surface area contributed by atoms with E-state index in [4.69, 9.17) is 25.8 Å². The first kappa shape index (κ1) is 23.8. The first-order chi connectivity index (χ1) is 17.4. The van der Waals surface area contributed by atoms with Crippen LogP contribution in [0.3, 0.4) is 0 Å². The lowest BCUT2D eigenvalue weighted by Gasteiger charge is -2.12. The molecule has 8 nitrogen and oxygen atoms in total. The number of fused-ring (bicyclic) bond motifs is 1. The number of rotatable bonds is 7. The molecule has 0 atom stereocenters. The molecule has 0 bridgehead atoms. The van der Waals surface area contributed by atoms with Crippen LogP contribution in [0.15, 0.2) is 71.6 Å². The summed E-state index contributed by atoms with van der Waals surface area (Å²) in [6, 6.07) is 19.5. The van der Waals surface area contributed by atoms with E-state index in [0.717, 1.165) is 22.2 Å². The Hall–Kier alpha value is -3.95. The second-order valence-corrected chi connectivity index (χ2v) is 9.30. The molecule has 36 heavy (non-hydrogen) atoms. The SMILES string of the molecule is O=C(CN1C(=O)S/C(=C/c2cccc(OCc3ccc(Cl)cc3)c2)C1=O)Nc1ccc2c(c1)OCO2. The minimum absolute atomic E-state index is 0.118. The Balaban J connectivity index is 1.21. The van der Waals surface area contributed by atoms with Gasteiger partial charge in [0.15, 0.2) is 11.5 Å². The molecule has 182 valence electrons. The molecule has 1 saturated heterocycles. The van der Waals surface area contributed by atoms with E-state index in [0.29, 0.717) is 40.1 Å². The molecular weight excluding hydrogens is 504 g/mol. The second kappa shape index (κ2) is 10.3. The molecule has 0 spiro atoms. The molecule has 3 aromatic carbocycles. The normalized spacial score (nSPS) is 15.5. The average Bonchev–Trinajstić information content (AvgIpc) is 3.43. The smallest absolute Gasteiger partial charge is 0.294 e. The summed E-state index contributed by atoms with van der Waals surface area (Å²) < 4.78 is 16.4. The molecule has 0 aliphatic carbocycles. The third-order valence-corrected chi connectivity index (χ3v) is 6.47. The maximum atomic E-state index is 12.8. The zero-order chi connectivity index (χ0) is 25.1. The van der Waals surface area contributed by atoms with Crippen molar-refractivity contribution in [2.75, 3.05) is 18.7 Å². The molecule has 3 amide bonds. The van der Waals surface area contributed by atoms with E-state index in [2.05, 4.69) is 5.32 Å². The van der Waals surface area contributed by atoms with Crippen LogP contribution in [0.25, 0.3) is 6.08 Å². The van der Waals surface area contributed by atoms with Crippen LogP contribution in [0.1, 0.15) is 11.1 Å². The van der Waals surface area contributed by atoms with Gasteiger partial charge in [-0.3, -0.25) is 19.3 Å². The number of nitrogens with zero attached hydrogens (tertiary/aromatic N) is 1. The molecule has 0 radical (unpaired) electrons. The van der Waals surface area contributed by atoms with Gasteiger partial charge >= 0.3 is 0 Å². The summed E-state index contributed by atoms with van der Waals surface area (Å²) in [5.74, 6) is 0.680. The molecule has 1 fully saturated rings. The third kappa shape index (κ3) is 5.48. The quantitative estimate of drug-likeness (QED) is 0.419. The number of nitrogens with one attached hydrogen (secondary N) is 1. The summed E-state index contributed by atoms with van der Waals surface area (Å²) in [7, 11) is 0. The number of ether oxygens (including phenoxy) is 3. The van der Waals surface area contributed by atoms with Crippen molar-refractivity contribution in [3.05, 3.63) is 87.8 Å². The minimum Gasteiger partial charge on any atom is -0.489 e. The minimum atomic E-state index is -0.529. The van der Waals surface area contributed by atoms with Gasteiger partial charge in [-0.15, -0.1) is 0 Å². The van der Waals surface area contributed by atoms with Gasteiger partial charge in [-0.1, -0.05) is 35.9 Å². The van der Waals surface area contributed by atoms with Crippen molar-refractivity contribution in [1.29, 1.82) is 0 Å². The zero-order valence-electron chi connectivity index (χ0n) is 18.7. The lowest BCUT2D eigenvalue weighted by Crippen LogP contribution is -2.36. The van der Waals surface area contributed by atoms with Crippen LogP contribution in [-0.2, 0) is 16.2 Å². The van der Waals surface area contributed by atoms with Gasteiger partial charge < -0.3 is 19.5 Å². The fourth-order valence-corrected chi connectivity index (χ4v) is 4.51. The highest BCUT2D eigenvalue weighted by molar-refractivity contribution is 8.18. The number of benzene rings is 3. The van der Waals surface area contributed by atoms with E-state index >= 15 is 0 Å². The molecule has 1 N–H and O–H groups in total. The lowest BCUT2D eigenvalue weighted by atomic mass is 10.2. The standard InChI is InChI=1S/C26H19ClN2O6S/c27-18-6-4-16(5-7-18)14-33-20-3-1-2-17(10-20)11-23-25(31)29(26(32)36-23)13-24(30)28-19-8-9-21-22(12-19)35-15-34-21/h1-12H,13-15H2,(H,28,30)/b23-11+. The summed E-state index contributed by atoms with van der Waals surface area (Å²) in [6.45, 7) is 0.0730. The van der Waals surface area contributed by atoms with Gasteiger partial charge in [-0.25, -0.2) is 0 Å². The van der Waals surface area contributed by atoms with Crippen molar-refractivity contribution in [3.63, 3.8) is 0 Å². The number of halogens is 1. The van der Waals surface area contributed by atoms with Crippen LogP contribution in [0.5, 0.6) is 17.2 Å². The number of hydrogen-bond acceptors (Lipinski definition) is 7. The maximum Gasteiger partial charge on any atom is 0.294 e. The van der Waals surface area contributed by atoms with Crippen LogP contribution in [-0.4, -0.2) is 35.3 Å². The first-order valence-electron chi connectivity index (χ1n) is 10.9. The van der Waals surface area contributed by atoms with Crippen LogP contribution in [0, 0.1) is 0 Å². The molecule has 0 aromatic heterocycles.